The fraction of sp³-hybridized carbons (Fsp3) is 0.375. The molecule has 2 heterocycles. The van der Waals surface area contributed by atoms with Crippen LogP contribution in [-0.2, 0) is 17.8 Å². The van der Waals surface area contributed by atoms with Crippen LogP contribution in [0.5, 0.6) is 0 Å². The number of rotatable bonds is 6. The maximum absolute atomic E-state index is 11.6. The number of carbonyl (C=O) groups excluding carboxylic acids is 1. The van der Waals surface area contributed by atoms with Crippen molar-refractivity contribution in [3.8, 4) is 0 Å². The van der Waals surface area contributed by atoms with Gasteiger partial charge in [0, 0.05) is 6.54 Å². The van der Waals surface area contributed by atoms with E-state index in [1.807, 2.05) is 12.3 Å². The van der Waals surface area contributed by atoms with Gasteiger partial charge < -0.3 is 19.8 Å². The summed E-state index contributed by atoms with van der Waals surface area (Å²) < 4.78 is 10.3. The summed E-state index contributed by atoms with van der Waals surface area (Å²) in [6.45, 7) is 5.57. The summed E-state index contributed by atoms with van der Waals surface area (Å²) in [5.74, 6) is 1.51. The molecule has 124 valence electrons. The van der Waals surface area contributed by atoms with Gasteiger partial charge in [0.15, 0.2) is 5.96 Å². The van der Waals surface area contributed by atoms with Crippen molar-refractivity contribution in [3.05, 3.63) is 45.5 Å². The maximum Gasteiger partial charge on any atom is 0.341 e. The number of nitrogens with one attached hydrogen (secondary N) is 2. The van der Waals surface area contributed by atoms with Gasteiger partial charge in [-0.05, 0) is 42.3 Å². The van der Waals surface area contributed by atoms with Crippen molar-refractivity contribution in [2.45, 2.75) is 26.9 Å². The average molecular weight is 335 g/mol. The highest BCUT2D eigenvalue weighted by Gasteiger charge is 2.15. The number of thiophene rings is 1. The van der Waals surface area contributed by atoms with Crippen LogP contribution in [0.15, 0.2) is 32.3 Å². The van der Waals surface area contributed by atoms with Gasteiger partial charge in [-0.1, -0.05) is 0 Å². The largest absolute Gasteiger partial charge is 0.465 e. The molecule has 0 aliphatic carbocycles. The van der Waals surface area contributed by atoms with Crippen LogP contribution in [0.3, 0.4) is 0 Å². The number of esters is 1. The van der Waals surface area contributed by atoms with Gasteiger partial charge in [0.1, 0.15) is 17.1 Å². The molecule has 0 amide bonds. The standard InChI is InChI=1S/C16H21N3O3S/c1-4-17-16(18-8-12-5-6-23-10-12)19-9-13-7-14(11(2)22-13)15(20)21-3/h5-7,10H,4,8-9H2,1-3H3,(H2,17,18,19). The quantitative estimate of drug-likeness (QED) is 0.482. The summed E-state index contributed by atoms with van der Waals surface area (Å²) >= 11 is 1.66. The predicted molar refractivity (Wildman–Crippen MR) is 90.8 cm³/mol. The Balaban J connectivity index is 1.98. The third-order valence-corrected chi connectivity index (χ3v) is 3.88. The number of hydrogen-bond donors (Lipinski definition) is 2. The minimum Gasteiger partial charge on any atom is -0.465 e. The summed E-state index contributed by atoms with van der Waals surface area (Å²) in [5, 5.41) is 10.5. The lowest BCUT2D eigenvalue weighted by atomic mass is 10.2. The number of hydrogen-bond acceptors (Lipinski definition) is 5. The van der Waals surface area contributed by atoms with Gasteiger partial charge in [0.2, 0.25) is 0 Å². The van der Waals surface area contributed by atoms with Crippen LogP contribution in [0.2, 0.25) is 0 Å². The molecule has 23 heavy (non-hydrogen) atoms. The van der Waals surface area contributed by atoms with Crippen molar-refractivity contribution in [3.63, 3.8) is 0 Å². The minimum atomic E-state index is -0.393. The highest BCUT2D eigenvalue weighted by atomic mass is 32.1. The number of ether oxygens (including phenoxy) is 1. The molecule has 2 aromatic heterocycles. The molecule has 0 spiro atoms. The van der Waals surface area contributed by atoms with E-state index >= 15 is 0 Å². The molecule has 0 saturated carbocycles. The molecule has 0 saturated heterocycles. The van der Waals surface area contributed by atoms with Crippen LogP contribution < -0.4 is 10.6 Å². The molecule has 0 aliphatic heterocycles. The zero-order chi connectivity index (χ0) is 16.7. The molecule has 0 bridgehead atoms. The third-order valence-electron chi connectivity index (χ3n) is 3.15. The van der Waals surface area contributed by atoms with Gasteiger partial charge in [-0.2, -0.15) is 11.3 Å². The second kappa shape index (κ2) is 8.38. The van der Waals surface area contributed by atoms with E-state index in [0.717, 1.165) is 6.54 Å². The van der Waals surface area contributed by atoms with Gasteiger partial charge in [-0.3, -0.25) is 0 Å². The number of guanidine groups is 1. The molecule has 2 N–H and O–H groups in total. The van der Waals surface area contributed by atoms with Crippen LogP contribution in [-0.4, -0.2) is 25.6 Å². The van der Waals surface area contributed by atoms with Gasteiger partial charge in [0.05, 0.1) is 20.2 Å². The van der Waals surface area contributed by atoms with Gasteiger partial charge in [-0.25, -0.2) is 9.79 Å². The normalized spacial score (nSPS) is 11.3. The number of aliphatic imine (C=N–C) groups is 1. The van der Waals surface area contributed by atoms with E-state index in [4.69, 9.17) is 9.15 Å². The first-order valence-electron chi connectivity index (χ1n) is 7.35. The molecule has 2 rings (SSSR count). The SMILES string of the molecule is CCNC(=NCc1ccsc1)NCc1cc(C(=O)OC)c(C)o1. The first-order valence-corrected chi connectivity index (χ1v) is 8.29. The highest BCUT2D eigenvalue weighted by molar-refractivity contribution is 7.07. The van der Waals surface area contributed by atoms with E-state index in [0.29, 0.717) is 36.1 Å². The molecule has 0 aliphatic rings. The number of carbonyl (C=O) groups is 1. The summed E-state index contributed by atoms with van der Waals surface area (Å²) in [6.07, 6.45) is 0. The summed E-state index contributed by atoms with van der Waals surface area (Å²) in [7, 11) is 1.35. The van der Waals surface area contributed by atoms with Crippen molar-refractivity contribution < 1.29 is 13.9 Å². The minimum absolute atomic E-state index is 0.393. The van der Waals surface area contributed by atoms with E-state index < -0.39 is 5.97 Å². The molecule has 6 nitrogen and oxygen atoms in total. The van der Waals surface area contributed by atoms with Crippen LogP contribution >= 0.6 is 11.3 Å². The van der Waals surface area contributed by atoms with Crippen molar-refractivity contribution >= 4 is 23.3 Å². The molecule has 0 atom stereocenters. The Labute approximate surface area is 139 Å². The molecule has 0 aromatic carbocycles. The topological polar surface area (TPSA) is 75.9 Å². The van der Waals surface area contributed by atoms with Crippen LogP contribution in [0.1, 0.15) is 34.4 Å². The maximum atomic E-state index is 11.6. The molecular formula is C16H21N3O3S. The third kappa shape index (κ3) is 4.85. The van der Waals surface area contributed by atoms with Crippen LogP contribution in [0, 0.1) is 6.92 Å². The van der Waals surface area contributed by atoms with Crippen molar-refractivity contribution in [1.82, 2.24) is 10.6 Å². The summed E-state index contributed by atoms with van der Waals surface area (Å²) in [6, 6.07) is 3.74. The molecule has 7 heteroatoms. The van der Waals surface area contributed by atoms with E-state index in [1.165, 1.54) is 12.7 Å². The first-order chi connectivity index (χ1) is 11.1. The first kappa shape index (κ1) is 17.1. The van der Waals surface area contributed by atoms with Crippen molar-refractivity contribution in [2.24, 2.45) is 4.99 Å². The lowest BCUT2D eigenvalue weighted by molar-refractivity contribution is 0.0599. The fourth-order valence-corrected chi connectivity index (χ4v) is 2.67. The second-order valence-corrected chi connectivity index (χ2v) is 5.63. The van der Waals surface area contributed by atoms with Crippen molar-refractivity contribution in [2.75, 3.05) is 13.7 Å². The molecule has 2 aromatic rings. The Morgan fingerprint density at radius 2 is 2.26 bits per heavy atom. The van der Waals surface area contributed by atoms with E-state index in [2.05, 4.69) is 27.1 Å². The molecule has 0 unspecified atom stereocenters. The lowest BCUT2D eigenvalue weighted by Crippen LogP contribution is -2.36. The molecule has 0 radical (unpaired) electrons. The smallest absolute Gasteiger partial charge is 0.341 e. The summed E-state index contributed by atoms with van der Waals surface area (Å²) in [4.78, 5) is 16.1. The molecular weight excluding hydrogens is 314 g/mol. The Hall–Kier alpha value is -2.28. The van der Waals surface area contributed by atoms with Gasteiger partial charge in [0.25, 0.3) is 0 Å². The molecule has 0 fully saturated rings. The Bertz CT molecular complexity index is 662. The lowest BCUT2D eigenvalue weighted by Gasteiger charge is -2.09. The number of nitrogens with zero attached hydrogens (tertiary/aromatic N) is 1. The zero-order valence-electron chi connectivity index (χ0n) is 13.5. The number of furan rings is 1. The average Bonchev–Trinajstić information content (AvgIpc) is 3.19. The fourth-order valence-electron chi connectivity index (χ4n) is 2.01. The monoisotopic (exact) mass is 335 g/mol. The van der Waals surface area contributed by atoms with E-state index in [-0.39, 0.29) is 0 Å². The second-order valence-electron chi connectivity index (χ2n) is 4.85. The summed E-state index contributed by atoms with van der Waals surface area (Å²) in [5.41, 5.74) is 1.62. The van der Waals surface area contributed by atoms with Crippen molar-refractivity contribution in [1.29, 1.82) is 0 Å². The number of aryl methyl sites for hydroxylation is 1. The van der Waals surface area contributed by atoms with E-state index in [1.54, 1.807) is 24.3 Å². The highest BCUT2D eigenvalue weighted by Crippen LogP contribution is 2.15. The predicted octanol–water partition coefficient (Wildman–Crippen LogP) is 2.69. The van der Waals surface area contributed by atoms with Crippen LogP contribution in [0.4, 0.5) is 0 Å². The Morgan fingerprint density at radius 1 is 1.43 bits per heavy atom. The Kier molecular flexibility index (Phi) is 6.22. The van der Waals surface area contributed by atoms with E-state index in [9.17, 15) is 4.79 Å². The number of methoxy groups -OCH3 is 1. The zero-order valence-corrected chi connectivity index (χ0v) is 14.3. The van der Waals surface area contributed by atoms with Crippen LogP contribution in [0.25, 0.3) is 0 Å². The van der Waals surface area contributed by atoms with Gasteiger partial charge in [-0.15, -0.1) is 0 Å². The Morgan fingerprint density at radius 3 is 2.91 bits per heavy atom. The van der Waals surface area contributed by atoms with Gasteiger partial charge >= 0.3 is 5.97 Å².